The Labute approximate surface area is 193 Å². The van der Waals surface area contributed by atoms with Gasteiger partial charge in [-0.3, -0.25) is 4.98 Å². The molecule has 2 aromatic carbocycles. The highest BCUT2D eigenvalue weighted by atomic mass is 19.4. The fraction of sp³-hybridized carbons (Fsp3) is 0.292. The second kappa shape index (κ2) is 8.27. The molecule has 10 heteroatoms. The molecule has 0 radical (unpaired) electrons. The first-order chi connectivity index (χ1) is 16.0. The molecule has 1 aliphatic rings. The van der Waals surface area contributed by atoms with Crippen LogP contribution in [0.25, 0.3) is 10.8 Å². The number of benzene rings is 2. The van der Waals surface area contributed by atoms with Gasteiger partial charge in [-0.25, -0.2) is 4.99 Å². The Morgan fingerprint density at radius 3 is 2.56 bits per heavy atom. The molecule has 34 heavy (non-hydrogen) atoms. The maximum Gasteiger partial charge on any atom is 0.417 e. The van der Waals surface area contributed by atoms with Crippen molar-refractivity contribution >= 4 is 28.0 Å². The molecular weight excluding hydrogens is 447 g/mol. The summed E-state index contributed by atoms with van der Waals surface area (Å²) in [4.78, 5) is 9.58. The lowest BCUT2D eigenvalue weighted by molar-refractivity contribution is -0.185. The Morgan fingerprint density at radius 2 is 1.85 bits per heavy atom. The first kappa shape index (κ1) is 23.5. The van der Waals surface area contributed by atoms with Crippen LogP contribution in [0.15, 0.2) is 59.9 Å². The van der Waals surface area contributed by atoms with Gasteiger partial charge in [-0.1, -0.05) is 24.3 Å². The third-order valence-corrected chi connectivity index (χ3v) is 5.94. The SMILES string of the molecule is CC1(C)N(c2ccc(C#N)c(C(F)(F)F)c2)C(CCNc2cncc3ccccc23)=NC1(O)O. The van der Waals surface area contributed by atoms with E-state index in [9.17, 15) is 23.4 Å². The summed E-state index contributed by atoms with van der Waals surface area (Å²) in [6, 6.07) is 12.5. The number of nitriles is 1. The first-order valence-electron chi connectivity index (χ1n) is 10.5. The number of aliphatic imine (C=N–C) groups is 1. The monoisotopic (exact) mass is 469 g/mol. The number of alkyl halides is 3. The minimum atomic E-state index is -4.75. The van der Waals surface area contributed by atoms with Crippen LogP contribution in [-0.2, 0) is 6.18 Å². The molecule has 0 saturated carbocycles. The summed E-state index contributed by atoms with van der Waals surface area (Å²) in [5.41, 5.74) is -2.28. The number of nitrogens with one attached hydrogen (secondary N) is 1. The summed E-state index contributed by atoms with van der Waals surface area (Å²) in [5, 5.41) is 35.3. The fourth-order valence-electron chi connectivity index (χ4n) is 4.05. The number of anilines is 2. The molecule has 0 amide bonds. The van der Waals surface area contributed by atoms with Gasteiger partial charge in [0.05, 0.1) is 29.1 Å². The quantitative estimate of drug-likeness (QED) is 0.483. The van der Waals surface area contributed by atoms with Crippen molar-refractivity contribution in [1.29, 1.82) is 5.26 Å². The van der Waals surface area contributed by atoms with E-state index in [2.05, 4.69) is 15.3 Å². The smallest absolute Gasteiger partial charge is 0.383 e. The van der Waals surface area contributed by atoms with Crippen LogP contribution in [0.1, 0.15) is 31.4 Å². The molecule has 0 fully saturated rings. The molecule has 0 spiro atoms. The molecule has 0 aliphatic carbocycles. The van der Waals surface area contributed by atoms with Gasteiger partial charge in [0.1, 0.15) is 11.4 Å². The number of hydrogen-bond donors (Lipinski definition) is 3. The Hall–Kier alpha value is -3.68. The van der Waals surface area contributed by atoms with Gasteiger partial charge in [0.2, 0.25) is 0 Å². The van der Waals surface area contributed by atoms with Crippen molar-refractivity contribution in [2.45, 2.75) is 37.9 Å². The van der Waals surface area contributed by atoms with Crippen LogP contribution in [0.2, 0.25) is 0 Å². The lowest BCUT2D eigenvalue weighted by atomic mass is 9.97. The summed E-state index contributed by atoms with van der Waals surface area (Å²) < 4.78 is 40.6. The fourth-order valence-corrected chi connectivity index (χ4v) is 4.05. The lowest BCUT2D eigenvalue weighted by Crippen LogP contribution is -2.56. The van der Waals surface area contributed by atoms with E-state index in [1.54, 1.807) is 18.5 Å². The van der Waals surface area contributed by atoms with Crippen molar-refractivity contribution in [3.05, 3.63) is 66.0 Å². The van der Waals surface area contributed by atoms with Gasteiger partial charge in [-0.2, -0.15) is 18.4 Å². The van der Waals surface area contributed by atoms with Gasteiger partial charge >= 0.3 is 6.18 Å². The average molecular weight is 469 g/mol. The number of amidine groups is 1. The van der Waals surface area contributed by atoms with Crippen LogP contribution in [-0.4, -0.2) is 39.0 Å². The van der Waals surface area contributed by atoms with E-state index >= 15 is 0 Å². The highest BCUT2D eigenvalue weighted by Crippen LogP contribution is 2.41. The normalized spacial score (nSPS) is 16.9. The summed E-state index contributed by atoms with van der Waals surface area (Å²) in [5.74, 6) is -2.34. The number of nitrogens with zero attached hydrogens (tertiary/aromatic N) is 4. The van der Waals surface area contributed by atoms with Crippen molar-refractivity contribution in [3.8, 4) is 6.07 Å². The molecule has 0 bridgehead atoms. The molecule has 1 aliphatic heterocycles. The molecule has 176 valence electrons. The number of aliphatic hydroxyl groups is 2. The first-order valence-corrected chi connectivity index (χ1v) is 10.5. The van der Waals surface area contributed by atoms with Crippen molar-refractivity contribution in [3.63, 3.8) is 0 Å². The average Bonchev–Trinajstić information content (AvgIpc) is 2.96. The number of hydrogen-bond acceptors (Lipinski definition) is 7. The third kappa shape index (κ3) is 4.04. The molecule has 4 rings (SSSR count). The number of fused-ring (bicyclic) bond motifs is 1. The van der Waals surface area contributed by atoms with Crippen LogP contribution in [0.3, 0.4) is 0 Å². The Balaban J connectivity index is 1.64. The predicted octanol–water partition coefficient (Wildman–Crippen LogP) is 4.26. The molecule has 3 aromatic rings. The Bertz CT molecular complexity index is 1310. The molecule has 0 atom stereocenters. The maximum atomic E-state index is 13.5. The topological polar surface area (TPSA) is 105 Å². The van der Waals surface area contributed by atoms with Gasteiger partial charge in [0, 0.05) is 35.6 Å². The van der Waals surface area contributed by atoms with Gasteiger partial charge < -0.3 is 20.4 Å². The molecular formula is C24H22F3N5O2. The van der Waals surface area contributed by atoms with Crippen LogP contribution < -0.4 is 10.2 Å². The van der Waals surface area contributed by atoms with E-state index in [0.717, 1.165) is 28.6 Å². The highest BCUT2D eigenvalue weighted by Gasteiger charge is 2.54. The number of pyridine rings is 1. The van der Waals surface area contributed by atoms with Crippen LogP contribution in [0.5, 0.6) is 0 Å². The van der Waals surface area contributed by atoms with Gasteiger partial charge in [-0.05, 0) is 32.0 Å². The largest absolute Gasteiger partial charge is 0.417 e. The van der Waals surface area contributed by atoms with Crippen molar-refractivity contribution in [1.82, 2.24) is 4.98 Å². The third-order valence-electron chi connectivity index (χ3n) is 5.94. The van der Waals surface area contributed by atoms with Crippen LogP contribution in [0.4, 0.5) is 24.5 Å². The van der Waals surface area contributed by atoms with Crippen molar-refractivity contribution in [2.24, 2.45) is 4.99 Å². The Morgan fingerprint density at radius 1 is 1.12 bits per heavy atom. The van der Waals surface area contributed by atoms with E-state index in [4.69, 9.17) is 5.26 Å². The van der Waals surface area contributed by atoms with E-state index in [1.807, 2.05) is 24.3 Å². The minimum absolute atomic E-state index is 0.0480. The van der Waals surface area contributed by atoms with E-state index in [1.165, 1.54) is 24.8 Å². The molecule has 1 aromatic heterocycles. The van der Waals surface area contributed by atoms with E-state index in [0.29, 0.717) is 6.54 Å². The summed E-state index contributed by atoms with van der Waals surface area (Å²) in [7, 11) is 0. The number of rotatable bonds is 5. The zero-order valence-electron chi connectivity index (χ0n) is 18.4. The van der Waals surface area contributed by atoms with Gasteiger partial charge in [0.15, 0.2) is 0 Å². The molecule has 2 heterocycles. The second-order valence-electron chi connectivity index (χ2n) is 8.48. The van der Waals surface area contributed by atoms with Crippen molar-refractivity contribution in [2.75, 3.05) is 16.8 Å². The zero-order chi connectivity index (χ0) is 24.7. The Kier molecular flexibility index (Phi) is 5.71. The maximum absolute atomic E-state index is 13.5. The van der Waals surface area contributed by atoms with Crippen LogP contribution >= 0.6 is 0 Å². The summed E-state index contributed by atoms with van der Waals surface area (Å²) in [6.07, 6.45) is -1.17. The highest BCUT2D eigenvalue weighted by molar-refractivity contribution is 6.02. The van der Waals surface area contributed by atoms with E-state index < -0.39 is 28.8 Å². The predicted molar refractivity (Wildman–Crippen MR) is 122 cm³/mol. The zero-order valence-corrected chi connectivity index (χ0v) is 18.4. The van der Waals surface area contributed by atoms with Gasteiger partial charge in [-0.15, -0.1) is 0 Å². The minimum Gasteiger partial charge on any atom is -0.383 e. The molecule has 3 N–H and O–H groups in total. The molecule has 7 nitrogen and oxygen atoms in total. The second-order valence-corrected chi connectivity index (χ2v) is 8.48. The van der Waals surface area contributed by atoms with Crippen LogP contribution in [0, 0.1) is 11.3 Å². The standard InChI is InChI=1S/C24H22F3N5O2/c1-22(2)24(33,34)31-21(9-10-30-20-14-29-13-16-5-3-4-6-18(16)20)32(22)17-8-7-15(12-28)19(11-17)23(25,26)27/h3-8,11,13-14,30,33-34H,9-10H2,1-2H3. The number of halogens is 3. The molecule has 0 unspecified atom stereocenters. The van der Waals surface area contributed by atoms with Crippen molar-refractivity contribution < 1.29 is 23.4 Å². The van der Waals surface area contributed by atoms with Gasteiger partial charge in [0.25, 0.3) is 5.91 Å². The molecule has 0 saturated heterocycles. The summed E-state index contributed by atoms with van der Waals surface area (Å²) in [6.45, 7) is 3.24. The lowest BCUT2D eigenvalue weighted by Gasteiger charge is -2.39. The van der Waals surface area contributed by atoms with E-state index in [-0.39, 0.29) is 17.9 Å². The summed E-state index contributed by atoms with van der Waals surface area (Å²) >= 11 is 0. The number of aromatic nitrogens is 1.